The number of aromatic nitrogens is 1. The van der Waals surface area contributed by atoms with Crippen molar-refractivity contribution in [3.8, 4) is 12.3 Å². The summed E-state index contributed by atoms with van der Waals surface area (Å²) in [6.45, 7) is 3.00. The Morgan fingerprint density at radius 1 is 1.12 bits per heavy atom. The van der Waals surface area contributed by atoms with E-state index >= 15 is 0 Å². The zero-order valence-corrected chi connectivity index (χ0v) is 17.8. The fraction of sp³-hybridized carbons (Fsp3) is 0.364. The molecule has 0 amide bonds. The van der Waals surface area contributed by atoms with Crippen LogP contribution < -0.4 is 27.0 Å². The van der Waals surface area contributed by atoms with Crippen molar-refractivity contribution in [3.05, 3.63) is 41.0 Å². The van der Waals surface area contributed by atoms with Crippen LogP contribution in [-0.2, 0) is 9.47 Å². The standard InChI is InChI=1S/C22H23N9O2/c23-11-15-17(25)16-18(28-21(27-12-24)30-20(16)29-19(15)26)13-1-3-14(4-2-13)31-7-5-22(6-8-31)32-9-10-33-22/h1-4,18H,5-10H2,(H6,25,26,27,28,29,30). The molecule has 4 heterocycles. The molecule has 3 aliphatic heterocycles. The quantitative estimate of drug-likeness (QED) is 0.391. The molecule has 2 saturated heterocycles. The van der Waals surface area contributed by atoms with Gasteiger partial charge in [0.1, 0.15) is 29.3 Å². The Morgan fingerprint density at radius 2 is 1.82 bits per heavy atom. The van der Waals surface area contributed by atoms with Gasteiger partial charge in [-0.3, -0.25) is 5.32 Å². The van der Waals surface area contributed by atoms with Crippen molar-refractivity contribution in [2.75, 3.05) is 48.0 Å². The number of fused-ring (bicyclic) bond motifs is 1. The maximum atomic E-state index is 9.47. The fourth-order valence-electron chi connectivity index (χ4n) is 4.58. The van der Waals surface area contributed by atoms with E-state index in [1.807, 2.05) is 36.5 Å². The lowest BCUT2D eigenvalue weighted by Crippen LogP contribution is -2.45. The third-order valence-corrected chi connectivity index (χ3v) is 6.27. The van der Waals surface area contributed by atoms with E-state index in [1.54, 1.807) is 0 Å². The van der Waals surface area contributed by atoms with Crippen molar-refractivity contribution in [3.63, 3.8) is 0 Å². The zero-order chi connectivity index (χ0) is 23.0. The summed E-state index contributed by atoms with van der Waals surface area (Å²) in [6, 6.07) is 9.46. The Balaban J connectivity index is 1.44. The molecule has 0 radical (unpaired) electrons. The van der Waals surface area contributed by atoms with E-state index in [0.717, 1.165) is 37.2 Å². The van der Waals surface area contributed by atoms with Crippen molar-refractivity contribution in [2.24, 2.45) is 4.99 Å². The Hall–Kier alpha value is -4.06. The lowest BCUT2D eigenvalue weighted by atomic mass is 9.94. The van der Waals surface area contributed by atoms with Gasteiger partial charge in [0.25, 0.3) is 0 Å². The topological polar surface area (TPSA) is 171 Å². The second-order valence-electron chi connectivity index (χ2n) is 8.09. The summed E-state index contributed by atoms with van der Waals surface area (Å²) in [5.74, 6) is 0.196. The second-order valence-corrected chi connectivity index (χ2v) is 8.09. The number of nitrogens with zero attached hydrogens (tertiary/aromatic N) is 5. The number of guanidine groups is 1. The SMILES string of the molecule is N#CNC1=NC(c2ccc(N3CCC4(CC3)OCCO4)cc2)c2c(nc(N)c(C#N)c2N)N1. The van der Waals surface area contributed by atoms with Gasteiger partial charge in [-0.05, 0) is 17.7 Å². The molecule has 11 heteroatoms. The molecular weight excluding hydrogens is 422 g/mol. The van der Waals surface area contributed by atoms with E-state index in [0.29, 0.717) is 24.6 Å². The molecule has 0 bridgehead atoms. The molecule has 1 atom stereocenters. The normalized spacial score (nSPS) is 20.8. The molecule has 1 spiro atoms. The van der Waals surface area contributed by atoms with Crippen LogP contribution in [0.25, 0.3) is 0 Å². The molecule has 5 rings (SSSR count). The van der Waals surface area contributed by atoms with E-state index in [-0.39, 0.29) is 23.0 Å². The van der Waals surface area contributed by atoms with Gasteiger partial charge in [-0.2, -0.15) is 10.5 Å². The number of nitriles is 2. The van der Waals surface area contributed by atoms with Gasteiger partial charge in [-0.1, -0.05) is 12.1 Å². The first-order chi connectivity index (χ1) is 16.0. The van der Waals surface area contributed by atoms with Crippen molar-refractivity contribution in [1.29, 1.82) is 10.5 Å². The number of hydrogen-bond donors (Lipinski definition) is 4. The lowest BCUT2D eigenvalue weighted by Gasteiger charge is -2.38. The van der Waals surface area contributed by atoms with Gasteiger partial charge in [0.2, 0.25) is 5.96 Å². The van der Waals surface area contributed by atoms with Gasteiger partial charge in [-0.15, -0.1) is 0 Å². The fourth-order valence-corrected chi connectivity index (χ4v) is 4.58. The number of benzene rings is 1. The first-order valence-electron chi connectivity index (χ1n) is 10.7. The molecule has 2 aromatic rings. The first kappa shape index (κ1) is 20.8. The van der Waals surface area contributed by atoms with Gasteiger partial charge in [0.15, 0.2) is 12.0 Å². The summed E-state index contributed by atoms with van der Waals surface area (Å²) in [7, 11) is 0. The number of nitrogens with one attached hydrogen (secondary N) is 2. The third kappa shape index (κ3) is 3.63. The third-order valence-electron chi connectivity index (χ3n) is 6.27. The number of hydrogen-bond acceptors (Lipinski definition) is 11. The van der Waals surface area contributed by atoms with E-state index in [2.05, 4.69) is 25.5 Å². The van der Waals surface area contributed by atoms with Crippen molar-refractivity contribution >= 4 is 29.0 Å². The van der Waals surface area contributed by atoms with Crippen LogP contribution in [-0.4, -0.2) is 43.0 Å². The molecule has 33 heavy (non-hydrogen) atoms. The van der Waals surface area contributed by atoms with E-state index in [1.165, 1.54) is 0 Å². The average Bonchev–Trinajstić information content (AvgIpc) is 3.27. The zero-order valence-electron chi connectivity index (χ0n) is 17.8. The predicted molar refractivity (Wildman–Crippen MR) is 122 cm³/mol. The maximum absolute atomic E-state index is 9.47. The van der Waals surface area contributed by atoms with Gasteiger partial charge >= 0.3 is 0 Å². The van der Waals surface area contributed by atoms with Crippen LogP contribution in [0.1, 0.15) is 35.6 Å². The number of ether oxygens (including phenoxy) is 2. The Labute approximate surface area is 190 Å². The summed E-state index contributed by atoms with van der Waals surface area (Å²) in [4.78, 5) is 11.2. The van der Waals surface area contributed by atoms with Gasteiger partial charge < -0.3 is 31.2 Å². The van der Waals surface area contributed by atoms with Crippen LogP contribution in [0, 0.1) is 22.8 Å². The molecule has 1 unspecified atom stereocenters. The first-order valence-corrected chi connectivity index (χ1v) is 10.7. The summed E-state index contributed by atoms with van der Waals surface area (Å²) in [5, 5.41) is 23.9. The van der Waals surface area contributed by atoms with E-state index < -0.39 is 11.8 Å². The number of anilines is 4. The number of pyridine rings is 1. The van der Waals surface area contributed by atoms with Crippen LogP contribution in [0.4, 0.5) is 23.0 Å². The van der Waals surface area contributed by atoms with Crippen molar-refractivity contribution < 1.29 is 9.47 Å². The molecule has 2 fully saturated rings. The van der Waals surface area contributed by atoms with Gasteiger partial charge in [-0.25, -0.2) is 9.98 Å². The van der Waals surface area contributed by atoms with E-state index in [9.17, 15) is 5.26 Å². The molecule has 168 valence electrons. The monoisotopic (exact) mass is 445 g/mol. The molecule has 3 aliphatic rings. The predicted octanol–water partition coefficient (Wildman–Crippen LogP) is 1.40. The number of piperidine rings is 1. The molecular formula is C22H23N9O2. The molecule has 1 aromatic heterocycles. The van der Waals surface area contributed by atoms with Crippen LogP contribution in [0.2, 0.25) is 0 Å². The number of nitrogen functional groups attached to an aromatic ring is 2. The highest BCUT2D eigenvalue weighted by atomic mass is 16.7. The highest BCUT2D eigenvalue weighted by molar-refractivity contribution is 5.98. The summed E-state index contributed by atoms with van der Waals surface area (Å²) >= 11 is 0. The Morgan fingerprint density at radius 3 is 2.45 bits per heavy atom. The minimum Gasteiger partial charge on any atom is -0.397 e. The largest absolute Gasteiger partial charge is 0.397 e. The van der Waals surface area contributed by atoms with E-state index in [4.69, 9.17) is 26.2 Å². The highest BCUT2D eigenvalue weighted by Gasteiger charge is 2.40. The van der Waals surface area contributed by atoms with Crippen molar-refractivity contribution in [1.82, 2.24) is 10.3 Å². The highest BCUT2D eigenvalue weighted by Crippen LogP contribution is 2.41. The summed E-state index contributed by atoms with van der Waals surface area (Å²) < 4.78 is 11.6. The summed E-state index contributed by atoms with van der Waals surface area (Å²) in [6.07, 6.45) is 3.50. The Bertz CT molecular complexity index is 1180. The van der Waals surface area contributed by atoms with Crippen LogP contribution >= 0.6 is 0 Å². The van der Waals surface area contributed by atoms with Crippen LogP contribution in [0.5, 0.6) is 0 Å². The Kier molecular flexibility index (Phi) is 5.13. The number of nitrogens with two attached hydrogens (primary N) is 2. The van der Waals surface area contributed by atoms with Crippen LogP contribution in [0.3, 0.4) is 0 Å². The van der Waals surface area contributed by atoms with Gasteiger partial charge in [0.05, 0.1) is 18.9 Å². The molecule has 0 saturated carbocycles. The molecule has 0 aliphatic carbocycles. The molecule has 1 aromatic carbocycles. The van der Waals surface area contributed by atoms with Crippen LogP contribution in [0.15, 0.2) is 29.3 Å². The smallest absolute Gasteiger partial charge is 0.211 e. The molecule has 11 nitrogen and oxygen atoms in total. The maximum Gasteiger partial charge on any atom is 0.211 e. The minimum absolute atomic E-state index is 0.0200. The average molecular weight is 445 g/mol. The molecule has 6 N–H and O–H groups in total. The number of aliphatic imine (C=N–C) groups is 1. The lowest BCUT2D eigenvalue weighted by molar-refractivity contribution is -0.169. The minimum atomic E-state index is -0.559. The summed E-state index contributed by atoms with van der Waals surface area (Å²) in [5.41, 5.74) is 15.0. The van der Waals surface area contributed by atoms with Gasteiger partial charge in [0, 0.05) is 37.2 Å². The van der Waals surface area contributed by atoms with Crippen molar-refractivity contribution in [2.45, 2.75) is 24.7 Å². The second kappa shape index (κ2) is 8.13. The number of rotatable bonds is 2.